The highest BCUT2D eigenvalue weighted by atomic mass is 15.2. The summed E-state index contributed by atoms with van der Waals surface area (Å²) in [5.41, 5.74) is 6.02. The molecule has 3 heteroatoms. The molecular formula is C29H45N3. The van der Waals surface area contributed by atoms with E-state index in [9.17, 15) is 0 Å². The molecule has 2 atom stereocenters. The van der Waals surface area contributed by atoms with Gasteiger partial charge in [-0.3, -0.25) is 4.99 Å². The van der Waals surface area contributed by atoms with Crippen molar-refractivity contribution < 1.29 is 0 Å². The Kier molecular flexibility index (Phi) is 12.5. The summed E-state index contributed by atoms with van der Waals surface area (Å²) in [7, 11) is 0. The molecule has 2 rings (SSSR count). The van der Waals surface area contributed by atoms with Gasteiger partial charge in [0.05, 0.1) is 19.1 Å². The molecule has 0 aliphatic rings. The van der Waals surface area contributed by atoms with Crippen LogP contribution in [0.25, 0.3) is 0 Å². The van der Waals surface area contributed by atoms with Crippen molar-refractivity contribution in [3.05, 3.63) is 78.0 Å². The molecule has 32 heavy (non-hydrogen) atoms. The van der Waals surface area contributed by atoms with Gasteiger partial charge in [0.2, 0.25) is 0 Å². The largest absolute Gasteiger partial charge is 0.379 e. The number of hydrogen-bond acceptors (Lipinski definition) is 3. The molecule has 0 saturated heterocycles. The number of aryl methyl sites for hydroxylation is 1. The molecule has 2 aromatic carbocycles. The van der Waals surface area contributed by atoms with Crippen LogP contribution in [0.1, 0.15) is 72.1 Å². The minimum Gasteiger partial charge on any atom is -0.379 e. The standard InChI is InChI=1S/C27H39N3.C2H6/c1-8-21(4)27(29-24(7)25-15-10-9-11-16-25)19-30(20(2)3)23(6)18-28-26-17-13-12-14-22(26)5;1-2/h9-17,20-21,24,28H,6,8,18-19H2,1-5,7H3;1-2H3. The molecule has 0 fully saturated rings. The van der Waals surface area contributed by atoms with Crippen LogP contribution < -0.4 is 5.32 Å². The second-order valence-electron chi connectivity index (χ2n) is 8.47. The average molecular weight is 436 g/mol. The number of aliphatic imine (C=N–C) groups is 1. The van der Waals surface area contributed by atoms with Gasteiger partial charge in [-0.05, 0) is 57.2 Å². The van der Waals surface area contributed by atoms with Gasteiger partial charge in [0.25, 0.3) is 0 Å². The van der Waals surface area contributed by atoms with Gasteiger partial charge in [0.1, 0.15) is 0 Å². The van der Waals surface area contributed by atoms with E-state index in [0.29, 0.717) is 12.0 Å². The quantitative estimate of drug-likeness (QED) is 0.363. The van der Waals surface area contributed by atoms with Gasteiger partial charge in [0.15, 0.2) is 0 Å². The Hall–Kier alpha value is -2.55. The van der Waals surface area contributed by atoms with Crippen molar-refractivity contribution in [2.24, 2.45) is 10.9 Å². The van der Waals surface area contributed by atoms with Crippen molar-refractivity contribution in [2.75, 3.05) is 18.4 Å². The van der Waals surface area contributed by atoms with Crippen LogP contribution in [0, 0.1) is 12.8 Å². The van der Waals surface area contributed by atoms with Crippen LogP contribution >= 0.6 is 0 Å². The van der Waals surface area contributed by atoms with Crippen molar-refractivity contribution in [1.82, 2.24) is 4.90 Å². The highest BCUT2D eigenvalue weighted by Gasteiger charge is 2.19. The fourth-order valence-corrected chi connectivity index (χ4v) is 3.52. The van der Waals surface area contributed by atoms with E-state index >= 15 is 0 Å². The monoisotopic (exact) mass is 435 g/mol. The maximum Gasteiger partial charge on any atom is 0.0721 e. The molecule has 1 N–H and O–H groups in total. The molecule has 0 aromatic heterocycles. The minimum absolute atomic E-state index is 0.155. The average Bonchev–Trinajstić information content (AvgIpc) is 2.81. The topological polar surface area (TPSA) is 27.6 Å². The molecule has 0 spiro atoms. The molecule has 3 nitrogen and oxygen atoms in total. The van der Waals surface area contributed by atoms with Crippen molar-refractivity contribution in [2.45, 2.75) is 73.9 Å². The van der Waals surface area contributed by atoms with Gasteiger partial charge in [-0.15, -0.1) is 0 Å². The molecule has 2 unspecified atom stereocenters. The van der Waals surface area contributed by atoms with E-state index in [1.165, 1.54) is 16.8 Å². The highest BCUT2D eigenvalue weighted by Crippen LogP contribution is 2.21. The Labute approximate surface area is 197 Å². The summed E-state index contributed by atoms with van der Waals surface area (Å²) < 4.78 is 0. The second kappa shape index (κ2) is 14.5. The number of nitrogens with zero attached hydrogens (tertiary/aromatic N) is 2. The summed E-state index contributed by atoms with van der Waals surface area (Å²) in [4.78, 5) is 7.55. The van der Waals surface area contributed by atoms with E-state index < -0.39 is 0 Å². The van der Waals surface area contributed by atoms with Crippen LogP contribution in [-0.2, 0) is 0 Å². The first-order valence-electron chi connectivity index (χ1n) is 12.2. The third-order valence-electron chi connectivity index (χ3n) is 5.81. The molecule has 0 radical (unpaired) electrons. The van der Waals surface area contributed by atoms with Crippen molar-refractivity contribution in [1.29, 1.82) is 0 Å². The number of para-hydroxylation sites is 1. The van der Waals surface area contributed by atoms with Crippen LogP contribution in [0.3, 0.4) is 0 Å². The Bertz CT molecular complexity index is 823. The van der Waals surface area contributed by atoms with Gasteiger partial charge in [-0.1, -0.05) is 82.8 Å². The zero-order valence-electron chi connectivity index (χ0n) is 21.7. The lowest BCUT2D eigenvalue weighted by atomic mass is 10.00. The van der Waals surface area contributed by atoms with Crippen molar-refractivity contribution in [3.8, 4) is 0 Å². The Morgan fingerprint density at radius 2 is 1.56 bits per heavy atom. The summed E-state index contributed by atoms with van der Waals surface area (Å²) in [6.45, 7) is 23.2. The maximum absolute atomic E-state index is 5.17. The highest BCUT2D eigenvalue weighted by molar-refractivity contribution is 5.88. The zero-order chi connectivity index (χ0) is 24.1. The first-order valence-corrected chi connectivity index (χ1v) is 12.2. The fourth-order valence-electron chi connectivity index (χ4n) is 3.52. The smallest absolute Gasteiger partial charge is 0.0721 e. The summed E-state index contributed by atoms with van der Waals surface area (Å²) in [5, 5.41) is 3.55. The lowest BCUT2D eigenvalue weighted by Gasteiger charge is -2.33. The molecular weight excluding hydrogens is 390 g/mol. The predicted molar refractivity (Wildman–Crippen MR) is 144 cm³/mol. The zero-order valence-corrected chi connectivity index (χ0v) is 21.7. The molecule has 0 amide bonds. The van der Waals surface area contributed by atoms with Crippen LogP contribution in [-0.4, -0.2) is 29.7 Å². The maximum atomic E-state index is 5.17. The summed E-state index contributed by atoms with van der Waals surface area (Å²) in [6, 6.07) is 19.5. The number of nitrogens with one attached hydrogen (secondary N) is 1. The lowest BCUT2D eigenvalue weighted by molar-refractivity contribution is 0.316. The van der Waals surface area contributed by atoms with E-state index in [1.807, 2.05) is 13.8 Å². The number of rotatable bonds is 11. The minimum atomic E-state index is 0.155. The lowest BCUT2D eigenvalue weighted by Crippen LogP contribution is -2.38. The van der Waals surface area contributed by atoms with Gasteiger partial charge >= 0.3 is 0 Å². The van der Waals surface area contributed by atoms with Gasteiger partial charge in [-0.25, -0.2) is 0 Å². The second-order valence-corrected chi connectivity index (χ2v) is 8.47. The summed E-state index contributed by atoms with van der Waals surface area (Å²) in [6.07, 6.45) is 1.08. The summed E-state index contributed by atoms with van der Waals surface area (Å²) in [5.74, 6) is 0.439. The predicted octanol–water partition coefficient (Wildman–Crippen LogP) is 7.91. The van der Waals surface area contributed by atoms with Crippen LogP contribution in [0.2, 0.25) is 0 Å². The molecule has 0 aliphatic heterocycles. The SMILES string of the molecule is C=C(CNc1ccccc1C)N(CC(=NC(C)c1ccccc1)C(C)CC)C(C)C.CC. The van der Waals surface area contributed by atoms with Crippen LogP contribution in [0.4, 0.5) is 5.69 Å². The Morgan fingerprint density at radius 1 is 0.969 bits per heavy atom. The fraction of sp³-hybridized carbons (Fsp3) is 0.483. The van der Waals surface area contributed by atoms with E-state index in [2.05, 4.69) is 113 Å². The van der Waals surface area contributed by atoms with Crippen LogP contribution in [0.5, 0.6) is 0 Å². The third-order valence-corrected chi connectivity index (χ3v) is 5.81. The number of benzene rings is 2. The molecule has 0 bridgehead atoms. The Balaban J connectivity index is 0.00000249. The van der Waals surface area contributed by atoms with E-state index in [-0.39, 0.29) is 6.04 Å². The van der Waals surface area contributed by atoms with Crippen molar-refractivity contribution >= 4 is 11.4 Å². The molecule has 2 aromatic rings. The Morgan fingerprint density at radius 3 is 2.12 bits per heavy atom. The molecule has 0 aliphatic carbocycles. The molecule has 176 valence electrons. The number of hydrogen-bond donors (Lipinski definition) is 1. The first-order chi connectivity index (χ1) is 15.3. The van der Waals surface area contributed by atoms with E-state index in [0.717, 1.165) is 30.9 Å². The third kappa shape index (κ3) is 8.53. The molecule has 0 saturated carbocycles. The van der Waals surface area contributed by atoms with Gasteiger partial charge < -0.3 is 10.2 Å². The van der Waals surface area contributed by atoms with E-state index in [1.54, 1.807) is 0 Å². The van der Waals surface area contributed by atoms with Crippen molar-refractivity contribution in [3.63, 3.8) is 0 Å². The van der Waals surface area contributed by atoms with Gasteiger partial charge in [0, 0.05) is 23.1 Å². The van der Waals surface area contributed by atoms with E-state index in [4.69, 9.17) is 4.99 Å². The normalized spacial score (nSPS) is 13.1. The molecule has 0 heterocycles. The number of anilines is 1. The van der Waals surface area contributed by atoms with Crippen LogP contribution in [0.15, 0.2) is 71.9 Å². The summed E-state index contributed by atoms with van der Waals surface area (Å²) >= 11 is 0. The first kappa shape index (κ1) is 27.5. The van der Waals surface area contributed by atoms with Gasteiger partial charge in [-0.2, -0.15) is 0 Å².